The lowest BCUT2D eigenvalue weighted by Crippen LogP contribution is -2.47. The number of nitro benzene ring substituents is 1. The number of nitrogens with one attached hydrogen (secondary N) is 1. The van der Waals surface area contributed by atoms with Gasteiger partial charge < -0.3 is 21.5 Å². The molecule has 0 aliphatic heterocycles. The van der Waals surface area contributed by atoms with Crippen molar-refractivity contribution in [3.8, 4) is 5.75 Å². The molecule has 10 heteroatoms. The number of carbonyl (C=O) groups excluding carboxylic acids is 3. The standard InChI is InChI=1S/C11H12N4O6/c12-9(16)5-8(10(13)17)14-11(18)21-7-3-1-6(2-4-7)15(19)20/h1-4,8H,5H2,(H2,12,16)(H2,13,17)(H,14,18). The summed E-state index contributed by atoms with van der Waals surface area (Å²) in [6, 6.07) is 3.37. The number of nitrogens with two attached hydrogens (primary N) is 2. The third kappa shape index (κ3) is 5.14. The van der Waals surface area contributed by atoms with Crippen LogP contribution in [-0.2, 0) is 9.59 Å². The molecule has 0 radical (unpaired) electrons. The van der Waals surface area contributed by atoms with Gasteiger partial charge in [0.05, 0.1) is 11.3 Å². The number of carbonyl (C=O) groups is 3. The Labute approximate surface area is 118 Å². The molecule has 0 spiro atoms. The number of nitrogens with zero attached hydrogens (tertiary/aromatic N) is 1. The van der Waals surface area contributed by atoms with Gasteiger partial charge in [-0.25, -0.2) is 4.79 Å². The van der Waals surface area contributed by atoms with Gasteiger partial charge in [-0.1, -0.05) is 0 Å². The van der Waals surface area contributed by atoms with Gasteiger partial charge in [-0.05, 0) is 12.1 Å². The number of nitro groups is 1. The van der Waals surface area contributed by atoms with E-state index < -0.39 is 35.3 Å². The number of hydrogen-bond donors (Lipinski definition) is 3. The predicted octanol–water partition coefficient (Wildman–Crippen LogP) is -0.588. The van der Waals surface area contributed by atoms with E-state index in [1.165, 1.54) is 12.1 Å². The highest BCUT2D eigenvalue weighted by atomic mass is 16.6. The molecule has 0 bridgehead atoms. The minimum atomic E-state index is -1.30. The second kappa shape index (κ2) is 6.84. The lowest BCUT2D eigenvalue weighted by molar-refractivity contribution is -0.384. The van der Waals surface area contributed by atoms with Gasteiger partial charge in [-0.2, -0.15) is 0 Å². The fourth-order valence-corrected chi connectivity index (χ4v) is 1.34. The molecule has 0 fully saturated rings. The monoisotopic (exact) mass is 296 g/mol. The fourth-order valence-electron chi connectivity index (χ4n) is 1.34. The average Bonchev–Trinajstić information content (AvgIpc) is 2.37. The van der Waals surface area contributed by atoms with Crippen LogP contribution in [0.3, 0.4) is 0 Å². The van der Waals surface area contributed by atoms with Crippen molar-refractivity contribution in [2.24, 2.45) is 11.5 Å². The highest BCUT2D eigenvalue weighted by molar-refractivity contribution is 5.89. The second-order valence-electron chi connectivity index (χ2n) is 3.91. The van der Waals surface area contributed by atoms with Crippen LogP contribution in [0.15, 0.2) is 24.3 Å². The van der Waals surface area contributed by atoms with Gasteiger partial charge in [0.1, 0.15) is 11.8 Å². The second-order valence-corrected chi connectivity index (χ2v) is 3.91. The molecule has 0 saturated heterocycles. The first-order chi connectivity index (χ1) is 9.79. The SMILES string of the molecule is NC(=O)CC(NC(=O)Oc1ccc([N+](=O)[O-])cc1)C(N)=O. The minimum Gasteiger partial charge on any atom is -0.410 e. The molecule has 10 nitrogen and oxygen atoms in total. The van der Waals surface area contributed by atoms with E-state index in [1.54, 1.807) is 0 Å². The third-order valence-corrected chi connectivity index (χ3v) is 2.30. The average molecular weight is 296 g/mol. The van der Waals surface area contributed by atoms with Crippen LogP contribution in [0.2, 0.25) is 0 Å². The molecule has 0 heterocycles. The van der Waals surface area contributed by atoms with Gasteiger partial charge in [-0.15, -0.1) is 0 Å². The maximum Gasteiger partial charge on any atom is 0.413 e. The maximum absolute atomic E-state index is 11.5. The van der Waals surface area contributed by atoms with Gasteiger partial charge in [0.2, 0.25) is 11.8 Å². The van der Waals surface area contributed by atoms with Crippen LogP contribution in [0.1, 0.15) is 6.42 Å². The van der Waals surface area contributed by atoms with Crippen LogP contribution in [-0.4, -0.2) is 28.9 Å². The Hall–Kier alpha value is -3.17. The lowest BCUT2D eigenvalue weighted by atomic mass is 10.2. The molecule has 1 atom stereocenters. The Morgan fingerprint density at radius 1 is 1.24 bits per heavy atom. The van der Waals surface area contributed by atoms with Crippen LogP contribution in [0.5, 0.6) is 5.75 Å². The molecule has 112 valence electrons. The number of primary amides is 2. The smallest absolute Gasteiger partial charge is 0.410 e. The number of ether oxygens (including phenoxy) is 1. The third-order valence-electron chi connectivity index (χ3n) is 2.30. The zero-order valence-electron chi connectivity index (χ0n) is 10.6. The first-order valence-electron chi connectivity index (χ1n) is 5.60. The van der Waals surface area contributed by atoms with Crippen molar-refractivity contribution in [1.29, 1.82) is 0 Å². The number of rotatable bonds is 6. The Bertz CT molecular complexity index is 571. The molecule has 3 amide bonds. The van der Waals surface area contributed by atoms with E-state index in [9.17, 15) is 24.5 Å². The van der Waals surface area contributed by atoms with E-state index in [0.29, 0.717) is 0 Å². The molecule has 0 saturated carbocycles. The van der Waals surface area contributed by atoms with Crippen LogP contribution < -0.4 is 21.5 Å². The van der Waals surface area contributed by atoms with Crippen molar-refractivity contribution in [2.45, 2.75) is 12.5 Å². The summed E-state index contributed by atoms with van der Waals surface area (Å²) in [7, 11) is 0. The van der Waals surface area contributed by atoms with Crippen LogP contribution >= 0.6 is 0 Å². The molecule has 21 heavy (non-hydrogen) atoms. The van der Waals surface area contributed by atoms with E-state index >= 15 is 0 Å². The maximum atomic E-state index is 11.5. The number of amides is 3. The molecule has 1 rings (SSSR count). The Morgan fingerprint density at radius 2 is 1.81 bits per heavy atom. The van der Waals surface area contributed by atoms with Gasteiger partial charge in [-0.3, -0.25) is 19.7 Å². The topological polar surface area (TPSA) is 168 Å². The first-order valence-corrected chi connectivity index (χ1v) is 5.60. The Balaban J connectivity index is 2.65. The summed E-state index contributed by atoms with van der Waals surface area (Å²) in [6.07, 6.45) is -1.51. The van der Waals surface area contributed by atoms with Crippen molar-refractivity contribution < 1.29 is 24.0 Å². The molecule has 1 aromatic carbocycles. The van der Waals surface area contributed by atoms with Crippen molar-refractivity contribution in [3.63, 3.8) is 0 Å². The van der Waals surface area contributed by atoms with Crippen molar-refractivity contribution in [3.05, 3.63) is 34.4 Å². The largest absolute Gasteiger partial charge is 0.413 e. The molecule has 1 aromatic rings. The number of non-ortho nitro benzene ring substituents is 1. The fraction of sp³-hybridized carbons (Fsp3) is 0.182. The molecule has 0 aliphatic rings. The van der Waals surface area contributed by atoms with Crippen molar-refractivity contribution in [2.75, 3.05) is 0 Å². The van der Waals surface area contributed by atoms with E-state index in [-0.39, 0.29) is 11.4 Å². The summed E-state index contributed by atoms with van der Waals surface area (Å²) >= 11 is 0. The van der Waals surface area contributed by atoms with Crippen LogP contribution in [0.25, 0.3) is 0 Å². The normalized spacial score (nSPS) is 11.2. The Morgan fingerprint density at radius 3 is 2.24 bits per heavy atom. The predicted molar refractivity (Wildman–Crippen MR) is 69.0 cm³/mol. The van der Waals surface area contributed by atoms with E-state index in [2.05, 4.69) is 5.32 Å². The summed E-state index contributed by atoms with van der Waals surface area (Å²) in [5.41, 5.74) is 9.72. The summed E-state index contributed by atoms with van der Waals surface area (Å²) in [6.45, 7) is 0. The zero-order chi connectivity index (χ0) is 16.0. The van der Waals surface area contributed by atoms with Gasteiger partial charge in [0.15, 0.2) is 0 Å². The number of hydrogen-bond acceptors (Lipinski definition) is 6. The zero-order valence-corrected chi connectivity index (χ0v) is 10.6. The molecule has 0 aliphatic carbocycles. The summed E-state index contributed by atoms with van der Waals surface area (Å²) in [5.74, 6) is -1.76. The van der Waals surface area contributed by atoms with Gasteiger partial charge in [0, 0.05) is 12.1 Å². The van der Waals surface area contributed by atoms with Crippen molar-refractivity contribution in [1.82, 2.24) is 5.32 Å². The lowest BCUT2D eigenvalue weighted by Gasteiger charge is -2.13. The first kappa shape index (κ1) is 15.9. The van der Waals surface area contributed by atoms with Crippen LogP contribution in [0.4, 0.5) is 10.5 Å². The molecular formula is C11H12N4O6. The molecular weight excluding hydrogens is 284 g/mol. The van der Waals surface area contributed by atoms with Crippen LogP contribution in [0, 0.1) is 10.1 Å². The summed E-state index contributed by atoms with van der Waals surface area (Å²) in [5, 5.41) is 12.5. The van der Waals surface area contributed by atoms with Crippen molar-refractivity contribution >= 4 is 23.6 Å². The Kier molecular flexibility index (Phi) is 5.17. The van der Waals surface area contributed by atoms with E-state index in [1.807, 2.05) is 0 Å². The number of benzene rings is 1. The van der Waals surface area contributed by atoms with E-state index in [4.69, 9.17) is 16.2 Å². The molecule has 1 unspecified atom stereocenters. The van der Waals surface area contributed by atoms with Gasteiger partial charge >= 0.3 is 6.09 Å². The quantitative estimate of drug-likeness (QED) is 0.468. The summed E-state index contributed by atoms with van der Waals surface area (Å²) in [4.78, 5) is 43.1. The van der Waals surface area contributed by atoms with Gasteiger partial charge in [0.25, 0.3) is 5.69 Å². The minimum absolute atomic E-state index is 0.0143. The summed E-state index contributed by atoms with van der Waals surface area (Å²) < 4.78 is 4.78. The van der Waals surface area contributed by atoms with E-state index in [0.717, 1.165) is 12.1 Å². The highest BCUT2D eigenvalue weighted by Crippen LogP contribution is 2.17. The molecule has 0 aromatic heterocycles. The highest BCUT2D eigenvalue weighted by Gasteiger charge is 2.21. The molecule has 5 N–H and O–H groups in total.